The molecule has 0 aliphatic heterocycles. The molecule has 0 atom stereocenters. The van der Waals surface area contributed by atoms with Crippen LogP contribution in [0.4, 0.5) is 4.39 Å². The minimum Gasteiger partial charge on any atom is -0.493 e. The number of benzene rings is 1. The van der Waals surface area contributed by atoms with Gasteiger partial charge in [0.2, 0.25) is 5.16 Å². The van der Waals surface area contributed by atoms with Crippen LogP contribution in [-0.4, -0.2) is 27.5 Å². The molecule has 0 saturated heterocycles. The number of halogens is 1. The van der Waals surface area contributed by atoms with Crippen molar-refractivity contribution in [2.45, 2.75) is 43.7 Å². The molecule has 3 rings (SSSR count). The van der Waals surface area contributed by atoms with Crippen molar-refractivity contribution in [2.75, 3.05) is 12.4 Å². The number of ether oxygens (including phenoxy) is 1. The van der Waals surface area contributed by atoms with Crippen molar-refractivity contribution in [3.63, 3.8) is 0 Å². The minimum absolute atomic E-state index is 0.252. The molecule has 0 unspecified atom stereocenters. The summed E-state index contributed by atoms with van der Waals surface area (Å²) in [4.78, 5) is 4.52. The molecular weight excluding hydrogens is 313 g/mol. The van der Waals surface area contributed by atoms with Crippen molar-refractivity contribution >= 4 is 11.8 Å². The molecule has 1 aliphatic carbocycles. The van der Waals surface area contributed by atoms with Crippen LogP contribution in [0, 0.1) is 11.7 Å². The van der Waals surface area contributed by atoms with Gasteiger partial charge >= 0.3 is 0 Å². The third-order valence-electron chi connectivity index (χ3n) is 4.17. The van der Waals surface area contributed by atoms with Gasteiger partial charge in [0.25, 0.3) is 0 Å². The van der Waals surface area contributed by atoms with Gasteiger partial charge in [0.1, 0.15) is 17.4 Å². The van der Waals surface area contributed by atoms with E-state index < -0.39 is 0 Å². The smallest absolute Gasteiger partial charge is 0.208 e. The molecule has 0 radical (unpaired) electrons. The Morgan fingerprint density at radius 2 is 2.00 bits per heavy atom. The van der Waals surface area contributed by atoms with Crippen molar-refractivity contribution in [1.82, 2.24) is 15.2 Å². The summed E-state index contributed by atoms with van der Waals surface area (Å²) >= 11 is 1.57. The molecule has 0 spiro atoms. The first-order chi connectivity index (χ1) is 11.3. The minimum atomic E-state index is -0.252. The second kappa shape index (κ2) is 8.34. The van der Waals surface area contributed by atoms with Gasteiger partial charge in [0.15, 0.2) is 0 Å². The second-order valence-corrected chi connectivity index (χ2v) is 6.97. The molecule has 0 amide bonds. The van der Waals surface area contributed by atoms with Crippen LogP contribution in [0.1, 0.15) is 37.9 Å². The SMILES string of the molecule is Fc1ccc(OCCSc2n[nH]c(CCC3CCCC3)n2)cc1. The van der Waals surface area contributed by atoms with Crippen LogP contribution < -0.4 is 4.74 Å². The summed E-state index contributed by atoms with van der Waals surface area (Å²) in [5.74, 6) is 3.05. The average molecular weight is 335 g/mol. The van der Waals surface area contributed by atoms with Crippen molar-refractivity contribution in [2.24, 2.45) is 5.92 Å². The zero-order valence-electron chi connectivity index (χ0n) is 13.1. The lowest BCUT2D eigenvalue weighted by Gasteiger charge is -2.05. The monoisotopic (exact) mass is 335 g/mol. The zero-order chi connectivity index (χ0) is 15.9. The number of hydrogen-bond acceptors (Lipinski definition) is 4. The van der Waals surface area contributed by atoms with Gasteiger partial charge in [-0.25, -0.2) is 9.37 Å². The number of nitrogens with one attached hydrogen (secondary N) is 1. The highest BCUT2D eigenvalue weighted by Crippen LogP contribution is 2.28. The summed E-state index contributed by atoms with van der Waals surface area (Å²) in [5.41, 5.74) is 0. The fraction of sp³-hybridized carbons (Fsp3) is 0.529. The normalized spacial score (nSPS) is 15.2. The lowest BCUT2D eigenvalue weighted by molar-refractivity contribution is 0.343. The maximum Gasteiger partial charge on any atom is 0.208 e. The van der Waals surface area contributed by atoms with Crippen LogP contribution >= 0.6 is 11.8 Å². The largest absolute Gasteiger partial charge is 0.493 e. The predicted molar refractivity (Wildman–Crippen MR) is 89.3 cm³/mol. The Morgan fingerprint density at radius 3 is 2.78 bits per heavy atom. The van der Waals surface area contributed by atoms with E-state index in [2.05, 4.69) is 15.2 Å². The lowest BCUT2D eigenvalue weighted by Crippen LogP contribution is -2.00. The Kier molecular flexibility index (Phi) is 5.91. The predicted octanol–water partition coefficient (Wildman–Crippen LogP) is 4.24. The highest BCUT2D eigenvalue weighted by Gasteiger charge is 2.15. The molecule has 23 heavy (non-hydrogen) atoms. The summed E-state index contributed by atoms with van der Waals surface area (Å²) in [6, 6.07) is 6.06. The molecule has 1 fully saturated rings. The van der Waals surface area contributed by atoms with E-state index in [1.54, 1.807) is 23.9 Å². The first-order valence-electron chi connectivity index (χ1n) is 8.22. The number of thioether (sulfide) groups is 1. The van der Waals surface area contributed by atoms with E-state index in [9.17, 15) is 4.39 Å². The number of nitrogens with zero attached hydrogens (tertiary/aromatic N) is 2. The Balaban J connectivity index is 1.34. The summed E-state index contributed by atoms with van der Waals surface area (Å²) in [6.45, 7) is 0.544. The molecule has 6 heteroatoms. The number of aryl methyl sites for hydroxylation is 1. The van der Waals surface area contributed by atoms with Crippen LogP contribution in [0.15, 0.2) is 29.4 Å². The van der Waals surface area contributed by atoms with E-state index in [1.165, 1.54) is 44.2 Å². The van der Waals surface area contributed by atoms with Crippen LogP contribution in [0.5, 0.6) is 5.75 Å². The van der Waals surface area contributed by atoms with Gasteiger partial charge in [-0.15, -0.1) is 5.10 Å². The molecule has 0 bridgehead atoms. The first-order valence-corrected chi connectivity index (χ1v) is 9.20. The number of H-pyrrole nitrogens is 1. The Hall–Kier alpha value is -1.56. The van der Waals surface area contributed by atoms with E-state index in [-0.39, 0.29) is 5.82 Å². The Morgan fingerprint density at radius 1 is 1.22 bits per heavy atom. The molecule has 1 N–H and O–H groups in total. The summed E-state index contributed by atoms with van der Waals surface area (Å²) in [6.07, 6.45) is 7.72. The highest BCUT2D eigenvalue weighted by atomic mass is 32.2. The van der Waals surface area contributed by atoms with Crippen LogP contribution in [0.2, 0.25) is 0 Å². The second-order valence-electron chi connectivity index (χ2n) is 5.90. The maximum absolute atomic E-state index is 12.8. The van der Waals surface area contributed by atoms with Gasteiger partial charge in [0, 0.05) is 12.2 Å². The van der Waals surface area contributed by atoms with Gasteiger partial charge < -0.3 is 4.74 Å². The van der Waals surface area contributed by atoms with E-state index in [0.717, 1.165) is 29.1 Å². The molecule has 1 saturated carbocycles. The third-order valence-corrected chi connectivity index (χ3v) is 4.98. The lowest BCUT2D eigenvalue weighted by atomic mass is 10.0. The quantitative estimate of drug-likeness (QED) is 0.579. The molecule has 1 aromatic carbocycles. The molecule has 124 valence electrons. The third kappa shape index (κ3) is 5.23. The summed E-state index contributed by atoms with van der Waals surface area (Å²) in [7, 11) is 0. The molecule has 1 aliphatic rings. The first kappa shape index (κ1) is 16.3. The number of aromatic nitrogens is 3. The number of rotatable bonds is 8. The van der Waals surface area contributed by atoms with E-state index in [0.29, 0.717) is 12.4 Å². The van der Waals surface area contributed by atoms with Crippen molar-refractivity contribution in [3.05, 3.63) is 35.9 Å². The van der Waals surface area contributed by atoms with E-state index in [4.69, 9.17) is 4.74 Å². The van der Waals surface area contributed by atoms with Crippen LogP contribution in [-0.2, 0) is 6.42 Å². The molecular formula is C17H22FN3OS. The Labute approximate surface area is 140 Å². The van der Waals surface area contributed by atoms with Gasteiger partial charge in [-0.1, -0.05) is 37.4 Å². The topological polar surface area (TPSA) is 50.8 Å². The number of hydrogen-bond donors (Lipinski definition) is 1. The van der Waals surface area contributed by atoms with Crippen molar-refractivity contribution in [1.29, 1.82) is 0 Å². The highest BCUT2D eigenvalue weighted by molar-refractivity contribution is 7.99. The van der Waals surface area contributed by atoms with Crippen molar-refractivity contribution < 1.29 is 9.13 Å². The van der Waals surface area contributed by atoms with Gasteiger partial charge in [-0.3, -0.25) is 5.10 Å². The van der Waals surface area contributed by atoms with Gasteiger partial charge in [-0.05, 0) is 36.6 Å². The van der Waals surface area contributed by atoms with Crippen LogP contribution in [0.25, 0.3) is 0 Å². The Bertz CT molecular complexity index is 596. The molecule has 4 nitrogen and oxygen atoms in total. The zero-order valence-corrected chi connectivity index (χ0v) is 13.9. The fourth-order valence-corrected chi connectivity index (χ4v) is 3.55. The standard InChI is InChI=1S/C17H22FN3OS/c18-14-6-8-15(9-7-14)22-11-12-23-17-19-16(20-21-17)10-5-13-3-1-2-4-13/h6-9,13H,1-5,10-12H2,(H,19,20,21). The van der Waals surface area contributed by atoms with Gasteiger partial charge in [-0.2, -0.15) is 0 Å². The fourth-order valence-electron chi connectivity index (χ4n) is 2.92. The average Bonchev–Trinajstić information content (AvgIpc) is 3.23. The summed E-state index contributed by atoms with van der Waals surface area (Å²) < 4.78 is 18.3. The molecule has 1 heterocycles. The molecule has 1 aromatic heterocycles. The van der Waals surface area contributed by atoms with E-state index >= 15 is 0 Å². The van der Waals surface area contributed by atoms with Crippen molar-refractivity contribution in [3.8, 4) is 5.75 Å². The van der Waals surface area contributed by atoms with Gasteiger partial charge in [0.05, 0.1) is 6.61 Å². The number of aromatic amines is 1. The van der Waals surface area contributed by atoms with Crippen LogP contribution in [0.3, 0.4) is 0 Å². The summed E-state index contributed by atoms with van der Waals surface area (Å²) in [5, 5.41) is 8.04. The maximum atomic E-state index is 12.8. The molecule has 2 aromatic rings. The van der Waals surface area contributed by atoms with E-state index in [1.807, 2.05) is 0 Å².